The lowest BCUT2D eigenvalue weighted by Gasteiger charge is -2.03. The van der Waals surface area contributed by atoms with Gasteiger partial charge in [-0.2, -0.15) is 8.42 Å². The zero-order valence-electron chi connectivity index (χ0n) is 8.00. The van der Waals surface area contributed by atoms with Crippen LogP contribution in [0.3, 0.4) is 0 Å². The number of nitrogens with zero attached hydrogens (tertiary/aromatic N) is 1. The Morgan fingerprint density at radius 2 is 1.88 bits per heavy atom. The first-order valence-corrected chi connectivity index (χ1v) is 6.70. The Hall–Kier alpha value is -0.990. The molecule has 0 bridgehead atoms. The largest absolute Gasteiger partial charge is 0.297 e. The summed E-state index contributed by atoms with van der Waals surface area (Å²) in [5.41, 5.74) is -0.167. The number of benzene rings is 1. The topological polar surface area (TPSA) is 86.5 Å². The maximum atomic E-state index is 11.5. The maximum absolute atomic E-state index is 11.5. The minimum absolute atomic E-state index is 0.0132. The second-order valence-electron chi connectivity index (χ2n) is 2.72. The molecule has 0 aliphatic heterocycles. The molecule has 0 heterocycles. The van der Waals surface area contributed by atoms with Gasteiger partial charge in [0.25, 0.3) is 15.8 Å². The lowest BCUT2D eigenvalue weighted by molar-refractivity contribution is -0.384. The Morgan fingerprint density at radius 3 is 2.31 bits per heavy atom. The van der Waals surface area contributed by atoms with Crippen LogP contribution in [0.4, 0.5) is 5.69 Å². The van der Waals surface area contributed by atoms with E-state index in [-0.39, 0.29) is 17.2 Å². The summed E-state index contributed by atoms with van der Waals surface area (Å²) in [4.78, 5) is 9.65. The van der Waals surface area contributed by atoms with Gasteiger partial charge in [-0.05, 0) is 12.1 Å². The van der Waals surface area contributed by atoms with Crippen LogP contribution in [0.2, 0.25) is 0 Å². The Kier molecular flexibility index (Phi) is 4.39. The normalized spacial score (nSPS) is 11.3. The first-order valence-electron chi connectivity index (χ1n) is 4.17. The molecule has 0 aliphatic rings. The SMILES string of the molecule is O=[N+]([O-])c1ccc(S(=O)(=O)OCCBr)cc1. The predicted molar refractivity (Wildman–Crippen MR) is 60.0 cm³/mol. The third-order valence-electron chi connectivity index (χ3n) is 1.65. The molecule has 0 saturated heterocycles. The first-order chi connectivity index (χ1) is 7.47. The summed E-state index contributed by atoms with van der Waals surface area (Å²) < 4.78 is 27.5. The number of hydrogen-bond donors (Lipinski definition) is 0. The smallest absolute Gasteiger partial charge is 0.265 e. The standard InChI is InChI=1S/C8H8BrNO5S/c9-5-6-15-16(13,14)8-3-1-7(2-4-8)10(11)12/h1-4H,5-6H2. The van der Waals surface area contributed by atoms with E-state index in [1.165, 1.54) is 0 Å². The second-order valence-corrected chi connectivity index (χ2v) is 5.12. The molecule has 16 heavy (non-hydrogen) atoms. The maximum Gasteiger partial charge on any atom is 0.297 e. The van der Waals surface area contributed by atoms with Crippen molar-refractivity contribution < 1.29 is 17.5 Å². The van der Waals surface area contributed by atoms with Gasteiger partial charge in [0.1, 0.15) is 0 Å². The van der Waals surface area contributed by atoms with E-state index in [4.69, 9.17) is 0 Å². The van der Waals surface area contributed by atoms with Gasteiger partial charge in [0.05, 0.1) is 16.4 Å². The van der Waals surface area contributed by atoms with Gasteiger partial charge >= 0.3 is 0 Å². The number of nitro groups is 1. The van der Waals surface area contributed by atoms with Crippen LogP contribution in [-0.4, -0.2) is 25.3 Å². The van der Waals surface area contributed by atoms with Crippen LogP contribution >= 0.6 is 15.9 Å². The summed E-state index contributed by atoms with van der Waals surface area (Å²) in [6.45, 7) is 0.0132. The fourth-order valence-corrected chi connectivity index (χ4v) is 2.23. The molecule has 1 aromatic rings. The Balaban J connectivity index is 2.93. The fourth-order valence-electron chi connectivity index (χ4n) is 0.944. The third-order valence-corrected chi connectivity index (χ3v) is 3.30. The van der Waals surface area contributed by atoms with Crippen molar-refractivity contribution in [2.24, 2.45) is 0 Å². The number of alkyl halides is 1. The van der Waals surface area contributed by atoms with Crippen LogP contribution in [0.15, 0.2) is 29.2 Å². The molecule has 0 spiro atoms. The van der Waals surface area contributed by atoms with E-state index in [2.05, 4.69) is 20.1 Å². The van der Waals surface area contributed by atoms with Crippen molar-refractivity contribution in [2.45, 2.75) is 4.90 Å². The van der Waals surface area contributed by atoms with Crippen molar-refractivity contribution in [3.8, 4) is 0 Å². The molecule has 6 nitrogen and oxygen atoms in total. The molecule has 0 saturated carbocycles. The third kappa shape index (κ3) is 3.26. The van der Waals surface area contributed by atoms with Crippen LogP contribution in [0, 0.1) is 10.1 Å². The molecule has 0 aliphatic carbocycles. The van der Waals surface area contributed by atoms with E-state index in [1.54, 1.807) is 0 Å². The van der Waals surface area contributed by atoms with Gasteiger partial charge in [-0.15, -0.1) is 0 Å². The molecule has 0 N–H and O–H groups in total. The zero-order chi connectivity index (χ0) is 12.2. The fraction of sp³-hybridized carbons (Fsp3) is 0.250. The Labute approximate surface area is 101 Å². The number of halogens is 1. The van der Waals surface area contributed by atoms with Crippen LogP contribution in [-0.2, 0) is 14.3 Å². The minimum Gasteiger partial charge on any atom is -0.265 e. The van der Waals surface area contributed by atoms with E-state index >= 15 is 0 Å². The molecule has 0 atom stereocenters. The highest BCUT2D eigenvalue weighted by Gasteiger charge is 2.16. The van der Waals surface area contributed by atoms with Gasteiger partial charge in [0.15, 0.2) is 0 Å². The van der Waals surface area contributed by atoms with Gasteiger partial charge < -0.3 is 0 Å². The highest BCUT2D eigenvalue weighted by molar-refractivity contribution is 9.09. The number of non-ortho nitro benzene ring substituents is 1. The van der Waals surface area contributed by atoms with Crippen molar-refractivity contribution in [3.05, 3.63) is 34.4 Å². The van der Waals surface area contributed by atoms with Crippen LogP contribution in [0.5, 0.6) is 0 Å². The van der Waals surface area contributed by atoms with Crippen molar-refractivity contribution in [2.75, 3.05) is 11.9 Å². The molecule has 0 radical (unpaired) electrons. The molecule has 1 rings (SSSR count). The van der Waals surface area contributed by atoms with Crippen molar-refractivity contribution in [3.63, 3.8) is 0 Å². The molecular formula is C8H8BrNO5S. The number of hydrogen-bond acceptors (Lipinski definition) is 5. The Morgan fingerprint density at radius 1 is 1.31 bits per heavy atom. The number of rotatable bonds is 5. The van der Waals surface area contributed by atoms with Crippen LogP contribution in [0.25, 0.3) is 0 Å². The molecule has 8 heteroatoms. The summed E-state index contributed by atoms with van der Waals surface area (Å²) in [5, 5.41) is 10.7. The van der Waals surface area contributed by atoms with E-state index in [0.29, 0.717) is 5.33 Å². The summed E-state index contributed by atoms with van der Waals surface area (Å²) in [7, 11) is -3.82. The second kappa shape index (κ2) is 5.37. The molecule has 0 aromatic heterocycles. The summed E-state index contributed by atoms with van der Waals surface area (Å²) in [5.74, 6) is 0. The predicted octanol–water partition coefficient (Wildman–Crippen LogP) is 1.70. The minimum atomic E-state index is -3.82. The molecule has 1 aromatic carbocycles. The number of nitro benzene ring substituents is 1. The summed E-state index contributed by atoms with van der Waals surface area (Å²) in [6, 6.07) is 4.51. The van der Waals surface area contributed by atoms with Gasteiger partial charge in [-0.3, -0.25) is 14.3 Å². The average molecular weight is 310 g/mol. The summed E-state index contributed by atoms with van der Waals surface area (Å²) >= 11 is 3.03. The monoisotopic (exact) mass is 309 g/mol. The van der Waals surface area contributed by atoms with E-state index in [1.807, 2.05) is 0 Å². The van der Waals surface area contributed by atoms with Gasteiger partial charge in [0, 0.05) is 17.5 Å². The molecule has 0 amide bonds. The van der Waals surface area contributed by atoms with E-state index in [0.717, 1.165) is 24.3 Å². The van der Waals surface area contributed by atoms with E-state index < -0.39 is 15.0 Å². The molecule has 0 fully saturated rings. The average Bonchev–Trinajstić information content (AvgIpc) is 2.26. The Bertz CT molecular complexity index is 470. The first kappa shape index (κ1) is 13.1. The van der Waals surface area contributed by atoms with Crippen molar-refractivity contribution >= 4 is 31.7 Å². The lowest BCUT2D eigenvalue weighted by Crippen LogP contribution is -2.08. The van der Waals surface area contributed by atoms with Crippen molar-refractivity contribution in [1.82, 2.24) is 0 Å². The quantitative estimate of drug-likeness (QED) is 0.357. The highest BCUT2D eigenvalue weighted by Crippen LogP contribution is 2.17. The molecular weight excluding hydrogens is 302 g/mol. The van der Waals surface area contributed by atoms with Crippen molar-refractivity contribution in [1.29, 1.82) is 0 Å². The van der Waals surface area contributed by atoms with E-state index in [9.17, 15) is 18.5 Å². The summed E-state index contributed by atoms with van der Waals surface area (Å²) in [6.07, 6.45) is 0. The molecule has 0 unspecified atom stereocenters. The van der Waals surface area contributed by atoms with Crippen LogP contribution < -0.4 is 0 Å². The van der Waals surface area contributed by atoms with Gasteiger partial charge in [0.2, 0.25) is 0 Å². The molecule has 88 valence electrons. The van der Waals surface area contributed by atoms with Gasteiger partial charge in [-0.25, -0.2) is 0 Å². The lowest BCUT2D eigenvalue weighted by atomic mass is 10.3. The zero-order valence-corrected chi connectivity index (χ0v) is 10.4. The highest BCUT2D eigenvalue weighted by atomic mass is 79.9. The van der Waals surface area contributed by atoms with Crippen LogP contribution in [0.1, 0.15) is 0 Å². The van der Waals surface area contributed by atoms with Gasteiger partial charge in [-0.1, -0.05) is 15.9 Å².